The first-order valence-corrected chi connectivity index (χ1v) is 14.9. The summed E-state index contributed by atoms with van der Waals surface area (Å²) in [5.74, 6) is -0.591. The van der Waals surface area contributed by atoms with Gasteiger partial charge in [-0.2, -0.15) is 0 Å². The Bertz CT molecular complexity index is 1790. The monoisotopic (exact) mass is 617 g/mol. The lowest BCUT2D eigenvalue weighted by Crippen LogP contribution is -2.43. The Morgan fingerprint density at radius 2 is 1.88 bits per heavy atom. The van der Waals surface area contributed by atoms with E-state index in [2.05, 4.69) is 19.6 Å². The molecule has 0 unspecified atom stereocenters. The highest BCUT2D eigenvalue weighted by molar-refractivity contribution is 7.92. The van der Waals surface area contributed by atoms with E-state index in [0.717, 1.165) is 31.3 Å². The van der Waals surface area contributed by atoms with Crippen LogP contribution in [0.4, 0.5) is 10.1 Å². The molecule has 0 saturated carbocycles. The van der Waals surface area contributed by atoms with Crippen LogP contribution in [0, 0.1) is 5.82 Å². The fourth-order valence-electron chi connectivity index (χ4n) is 4.61. The second kappa shape index (κ2) is 11.8. The van der Waals surface area contributed by atoms with E-state index in [-0.39, 0.29) is 33.8 Å². The minimum atomic E-state index is -4.23. The van der Waals surface area contributed by atoms with Gasteiger partial charge in [0.25, 0.3) is 15.6 Å². The molecule has 42 heavy (non-hydrogen) atoms. The summed E-state index contributed by atoms with van der Waals surface area (Å²) in [5.41, 5.74) is 0.368. The minimum Gasteiger partial charge on any atom is -0.485 e. The Balaban J connectivity index is 1.38. The van der Waals surface area contributed by atoms with E-state index in [1.807, 2.05) is 6.92 Å². The number of halogens is 2. The van der Waals surface area contributed by atoms with Gasteiger partial charge >= 0.3 is 0 Å². The molecule has 14 heteroatoms. The molecule has 0 bridgehead atoms. The van der Waals surface area contributed by atoms with Gasteiger partial charge in [-0.15, -0.1) is 0 Å². The largest absolute Gasteiger partial charge is 0.485 e. The Labute approximate surface area is 246 Å². The Morgan fingerprint density at radius 3 is 2.60 bits per heavy atom. The average molecular weight is 618 g/mol. The number of benzene rings is 1. The first-order valence-electron chi connectivity index (χ1n) is 13.1. The molecule has 4 aromatic rings. The maximum absolute atomic E-state index is 13.5. The van der Waals surface area contributed by atoms with E-state index in [1.54, 1.807) is 18.3 Å². The predicted octanol–water partition coefficient (Wildman–Crippen LogP) is 3.58. The molecule has 4 heterocycles. The zero-order valence-electron chi connectivity index (χ0n) is 22.9. The highest BCUT2D eigenvalue weighted by atomic mass is 35.5. The van der Waals surface area contributed by atoms with Gasteiger partial charge in [0.1, 0.15) is 28.7 Å². The van der Waals surface area contributed by atoms with Crippen LogP contribution in [-0.2, 0) is 10.0 Å². The van der Waals surface area contributed by atoms with Crippen LogP contribution in [0.1, 0.15) is 19.8 Å². The number of pyridine rings is 2. The smallest absolute Gasteiger partial charge is 0.300 e. The number of rotatable bonds is 9. The van der Waals surface area contributed by atoms with Gasteiger partial charge in [0, 0.05) is 43.2 Å². The van der Waals surface area contributed by atoms with Crippen molar-refractivity contribution in [2.75, 3.05) is 38.1 Å². The van der Waals surface area contributed by atoms with Crippen LogP contribution in [-0.4, -0.2) is 71.7 Å². The van der Waals surface area contributed by atoms with Crippen LogP contribution in [0.2, 0.25) is 5.02 Å². The number of fused-ring (bicyclic) bond motifs is 1. The number of ether oxygens (including phenoxy) is 2. The molecule has 0 aliphatic carbocycles. The predicted molar refractivity (Wildman–Crippen MR) is 155 cm³/mol. The quantitative estimate of drug-likeness (QED) is 0.289. The fraction of sp³-hybridized carbons (Fsp3) is 0.321. The third kappa shape index (κ3) is 6.49. The topological polar surface area (TPSA) is 135 Å². The van der Waals surface area contributed by atoms with Gasteiger partial charge < -0.3 is 14.6 Å². The van der Waals surface area contributed by atoms with Gasteiger partial charge in [-0.05, 0) is 56.2 Å². The molecule has 2 N–H and O–H groups in total. The SMILES string of the molecule is COc1ncc(-c2ccc3ncc(OCCN4CCC(C)(O)CC4)c(=O)n3c2)cc1NS(=O)(=O)c1ccc(F)cc1Cl. The van der Waals surface area contributed by atoms with Gasteiger partial charge in [-0.25, -0.2) is 22.8 Å². The average Bonchev–Trinajstić information content (AvgIpc) is 2.94. The lowest BCUT2D eigenvalue weighted by molar-refractivity contribution is -0.00772. The van der Waals surface area contributed by atoms with Gasteiger partial charge in [0.15, 0.2) is 0 Å². The van der Waals surface area contributed by atoms with E-state index in [1.165, 1.54) is 30.0 Å². The number of nitrogens with zero attached hydrogens (tertiary/aromatic N) is 4. The molecule has 5 rings (SSSR count). The van der Waals surface area contributed by atoms with Crippen LogP contribution in [0.5, 0.6) is 11.6 Å². The van der Waals surface area contributed by atoms with Crippen molar-refractivity contribution in [1.82, 2.24) is 19.3 Å². The number of nitrogens with one attached hydrogen (secondary N) is 1. The Kier molecular flexibility index (Phi) is 8.37. The number of hydrogen-bond donors (Lipinski definition) is 2. The van der Waals surface area contributed by atoms with Crippen molar-refractivity contribution in [3.8, 4) is 22.8 Å². The van der Waals surface area contributed by atoms with Crippen LogP contribution in [0.3, 0.4) is 0 Å². The summed E-state index contributed by atoms with van der Waals surface area (Å²) in [6, 6.07) is 7.81. The van der Waals surface area contributed by atoms with Gasteiger partial charge in [-0.1, -0.05) is 11.6 Å². The molecule has 1 aromatic carbocycles. The van der Waals surface area contributed by atoms with E-state index < -0.39 is 27.0 Å². The van der Waals surface area contributed by atoms with Crippen LogP contribution in [0.15, 0.2) is 64.7 Å². The summed E-state index contributed by atoms with van der Waals surface area (Å²) in [6.45, 7) is 4.23. The van der Waals surface area contributed by atoms with Crippen LogP contribution >= 0.6 is 11.6 Å². The number of aromatic nitrogens is 3. The summed E-state index contributed by atoms with van der Waals surface area (Å²) in [6.07, 6.45) is 5.78. The van der Waals surface area contributed by atoms with E-state index in [4.69, 9.17) is 21.1 Å². The molecule has 11 nitrogen and oxygen atoms in total. The van der Waals surface area contributed by atoms with Crippen molar-refractivity contribution < 1.29 is 27.4 Å². The molecule has 222 valence electrons. The van der Waals surface area contributed by atoms with Gasteiger partial charge in [0.05, 0.1) is 23.9 Å². The normalized spacial score (nSPS) is 15.5. The molecular formula is C28H29ClFN5O6S. The molecule has 0 atom stereocenters. The second-order valence-corrected chi connectivity index (χ2v) is 12.3. The molecule has 0 spiro atoms. The number of anilines is 1. The lowest BCUT2D eigenvalue weighted by atomic mass is 9.94. The second-order valence-electron chi connectivity index (χ2n) is 10.2. The number of methoxy groups -OCH3 is 1. The standard InChI is InChI=1S/C28H29ClFN5O6S/c1-28(37)7-9-34(10-8-28)11-12-41-23-16-31-25-6-3-18(17-35(25)27(23)36)19-13-22(26(40-2)32-15-19)33-42(38,39)24-5-4-20(30)14-21(24)29/h3-6,13-17,33,37H,7-12H2,1-2H3. The maximum Gasteiger partial charge on any atom is 0.300 e. The maximum atomic E-state index is 13.5. The number of likely N-dealkylation sites (tertiary alicyclic amines) is 1. The summed E-state index contributed by atoms with van der Waals surface area (Å²) < 4.78 is 54.3. The first kappa shape index (κ1) is 29.7. The molecule has 0 radical (unpaired) electrons. The van der Waals surface area contributed by atoms with Crippen molar-refractivity contribution in [3.63, 3.8) is 0 Å². The van der Waals surface area contributed by atoms with E-state index in [9.17, 15) is 22.7 Å². The number of piperidine rings is 1. The lowest BCUT2D eigenvalue weighted by Gasteiger charge is -2.35. The first-order chi connectivity index (χ1) is 20.0. The molecule has 1 fully saturated rings. The van der Waals surface area contributed by atoms with Crippen molar-refractivity contribution in [1.29, 1.82) is 0 Å². The van der Waals surface area contributed by atoms with Crippen LogP contribution in [0.25, 0.3) is 16.8 Å². The Hall–Kier alpha value is -3.78. The van der Waals surface area contributed by atoms with E-state index >= 15 is 0 Å². The zero-order valence-corrected chi connectivity index (χ0v) is 24.5. The summed E-state index contributed by atoms with van der Waals surface area (Å²) in [7, 11) is -2.89. The number of aliphatic hydroxyl groups is 1. The molecule has 1 aliphatic heterocycles. The van der Waals surface area contributed by atoms with E-state index in [0.29, 0.717) is 36.2 Å². The highest BCUT2D eigenvalue weighted by Crippen LogP contribution is 2.32. The van der Waals surface area contributed by atoms with Gasteiger partial charge in [0.2, 0.25) is 11.6 Å². The molecule has 1 aliphatic rings. The Morgan fingerprint density at radius 1 is 1.12 bits per heavy atom. The van der Waals surface area contributed by atoms with Crippen molar-refractivity contribution >= 4 is 33.0 Å². The molecule has 1 saturated heterocycles. The van der Waals surface area contributed by atoms with Gasteiger partial charge in [-0.3, -0.25) is 18.8 Å². The highest BCUT2D eigenvalue weighted by Gasteiger charge is 2.27. The third-order valence-corrected chi connectivity index (χ3v) is 8.92. The van der Waals surface area contributed by atoms with Crippen molar-refractivity contribution in [2.24, 2.45) is 0 Å². The van der Waals surface area contributed by atoms with Crippen LogP contribution < -0.4 is 19.8 Å². The molecule has 3 aromatic heterocycles. The van der Waals surface area contributed by atoms with Crippen molar-refractivity contribution in [3.05, 3.63) is 76.2 Å². The third-order valence-electron chi connectivity index (χ3n) is 7.07. The van der Waals surface area contributed by atoms with Crippen molar-refractivity contribution in [2.45, 2.75) is 30.3 Å². The molecule has 0 amide bonds. The summed E-state index contributed by atoms with van der Waals surface area (Å²) in [5, 5.41) is 9.84. The number of hydrogen-bond acceptors (Lipinski definition) is 9. The fourth-order valence-corrected chi connectivity index (χ4v) is 6.19. The minimum absolute atomic E-state index is 0.00631. The zero-order chi connectivity index (χ0) is 30.1. The number of sulfonamides is 1. The summed E-state index contributed by atoms with van der Waals surface area (Å²) in [4.78, 5) is 23.6. The molecular weight excluding hydrogens is 589 g/mol. The summed E-state index contributed by atoms with van der Waals surface area (Å²) >= 11 is 5.98.